The number of alkyl halides is 1. The number of halogens is 1. The van der Waals surface area contributed by atoms with Crippen molar-refractivity contribution in [3.63, 3.8) is 0 Å². The molecule has 1 aromatic rings. The van der Waals surface area contributed by atoms with Gasteiger partial charge in [-0.25, -0.2) is 0 Å². The molecule has 3 heteroatoms. The summed E-state index contributed by atoms with van der Waals surface area (Å²) in [5.41, 5.74) is 1.27. The van der Waals surface area contributed by atoms with E-state index in [1.54, 1.807) is 0 Å². The maximum atomic E-state index is 10.7. The Bertz CT molecular complexity index is 298. The Balaban J connectivity index is 2.30. The second kappa shape index (κ2) is 6.62. The molecule has 0 aromatic heterocycles. The summed E-state index contributed by atoms with van der Waals surface area (Å²) in [6.45, 7) is 0. The summed E-state index contributed by atoms with van der Waals surface area (Å²) in [5.74, 6) is -0.964. The van der Waals surface area contributed by atoms with Crippen molar-refractivity contribution in [3.8, 4) is 0 Å². The molecular formula is C12H15BrO2. The molecular weight excluding hydrogens is 256 g/mol. The molecule has 15 heavy (non-hydrogen) atoms. The molecule has 0 saturated heterocycles. The van der Waals surface area contributed by atoms with Gasteiger partial charge in [-0.2, -0.15) is 0 Å². The van der Waals surface area contributed by atoms with Gasteiger partial charge in [0.05, 0.1) is 5.92 Å². The lowest BCUT2D eigenvalue weighted by Crippen LogP contribution is -2.15. The average Bonchev–Trinajstić information content (AvgIpc) is 2.25. The maximum Gasteiger partial charge on any atom is 0.307 e. The van der Waals surface area contributed by atoms with E-state index in [2.05, 4.69) is 28.1 Å². The highest BCUT2D eigenvalue weighted by molar-refractivity contribution is 9.09. The van der Waals surface area contributed by atoms with Crippen LogP contribution in [0.25, 0.3) is 0 Å². The highest BCUT2D eigenvalue weighted by Gasteiger charge is 2.14. The highest BCUT2D eigenvalue weighted by Crippen LogP contribution is 2.13. The van der Waals surface area contributed by atoms with Crippen molar-refractivity contribution < 1.29 is 9.90 Å². The van der Waals surface area contributed by atoms with Crippen LogP contribution in [-0.4, -0.2) is 16.4 Å². The van der Waals surface area contributed by atoms with E-state index in [0.717, 1.165) is 19.3 Å². The second-order valence-corrected chi connectivity index (χ2v) is 4.21. The summed E-state index contributed by atoms with van der Waals surface area (Å²) in [6.07, 6.45) is 2.61. The van der Waals surface area contributed by atoms with Gasteiger partial charge in [0.15, 0.2) is 0 Å². The van der Waals surface area contributed by atoms with Crippen LogP contribution < -0.4 is 0 Å². The van der Waals surface area contributed by atoms with Gasteiger partial charge in [0.25, 0.3) is 0 Å². The van der Waals surface area contributed by atoms with Crippen LogP contribution in [0.2, 0.25) is 0 Å². The number of carbonyl (C=O) groups is 1. The molecule has 0 heterocycles. The number of aliphatic carboxylic acids is 1. The summed E-state index contributed by atoms with van der Waals surface area (Å²) in [6, 6.07) is 10.2. The van der Waals surface area contributed by atoms with E-state index in [9.17, 15) is 4.79 Å². The van der Waals surface area contributed by atoms with Crippen LogP contribution in [0.5, 0.6) is 0 Å². The van der Waals surface area contributed by atoms with Gasteiger partial charge >= 0.3 is 5.97 Å². The highest BCUT2D eigenvalue weighted by atomic mass is 79.9. The fraction of sp³-hybridized carbons (Fsp3) is 0.417. The summed E-state index contributed by atoms with van der Waals surface area (Å²) in [4.78, 5) is 10.7. The monoisotopic (exact) mass is 270 g/mol. The Kier molecular flexibility index (Phi) is 5.40. The first-order chi connectivity index (χ1) is 7.24. The summed E-state index contributed by atoms with van der Waals surface area (Å²) < 4.78 is 0. The van der Waals surface area contributed by atoms with Crippen LogP contribution in [-0.2, 0) is 11.2 Å². The lowest BCUT2D eigenvalue weighted by Gasteiger charge is -2.08. The van der Waals surface area contributed by atoms with Crippen molar-refractivity contribution in [2.45, 2.75) is 19.3 Å². The van der Waals surface area contributed by atoms with Gasteiger partial charge in [0.1, 0.15) is 0 Å². The van der Waals surface area contributed by atoms with Crippen LogP contribution in [0.4, 0.5) is 0 Å². The van der Waals surface area contributed by atoms with E-state index < -0.39 is 5.97 Å². The third kappa shape index (κ3) is 4.47. The van der Waals surface area contributed by atoms with E-state index in [-0.39, 0.29) is 5.92 Å². The molecule has 0 saturated carbocycles. The van der Waals surface area contributed by atoms with Gasteiger partial charge in [-0.1, -0.05) is 46.3 Å². The predicted molar refractivity (Wildman–Crippen MR) is 64.3 cm³/mol. The number of rotatable bonds is 6. The van der Waals surface area contributed by atoms with Crippen molar-refractivity contribution in [2.24, 2.45) is 5.92 Å². The van der Waals surface area contributed by atoms with Crippen molar-refractivity contribution in [1.29, 1.82) is 0 Å². The molecule has 0 fully saturated rings. The van der Waals surface area contributed by atoms with Crippen LogP contribution in [0, 0.1) is 5.92 Å². The van der Waals surface area contributed by atoms with Crippen LogP contribution in [0.15, 0.2) is 30.3 Å². The molecule has 1 aromatic carbocycles. The minimum absolute atomic E-state index is 0.256. The zero-order valence-corrected chi connectivity index (χ0v) is 10.1. The number of hydrogen-bond donors (Lipinski definition) is 1. The zero-order chi connectivity index (χ0) is 11.1. The molecule has 1 atom stereocenters. The minimum atomic E-state index is -0.708. The first kappa shape index (κ1) is 12.2. The molecule has 0 aliphatic carbocycles. The van der Waals surface area contributed by atoms with Gasteiger partial charge in [0, 0.05) is 5.33 Å². The Morgan fingerprint density at radius 2 is 2.00 bits per heavy atom. The normalized spacial score (nSPS) is 12.3. The van der Waals surface area contributed by atoms with Crippen molar-refractivity contribution in [1.82, 2.24) is 0 Å². The van der Waals surface area contributed by atoms with E-state index in [4.69, 9.17) is 5.11 Å². The average molecular weight is 271 g/mol. The summed E-state index contributed by atoms with van der Waals surface area (Å²) in [5, 5.41) is 9.38. The van der Waals surface area contributed by atoms with Gasteiger partial charge in [-0.15, -0.1) is 0 Å². The van der Waals surface area contributed by atoms with Gasteiger partial charge in [-0.3, -0.25) is 4.79 Å². The number of carboxylic acids is 1. The third-order valence-electron chi connectivity index (χ3n) is 2.40. The second-order valence-electron chi connectivity index (χ2n) is 3.57. The molecule has 2 nitrogen and oxygen atoms in total. The van der Waals surface area contributed by atoms with E-state index >= 15 is 0 Å². The molecule has 0 spiro atoms. The number of benzene rings is 1. The quantitative estimate of drug-likeness (QED) is 0.807. The Morgan fingerprint density at radius 1 is 1.33 bits per heavy atom. The topological polar surface area (TPSA) is 37.3 Å². The zero-order valence-electron chi connectivity index (χ0n) is 8.53. The molecule has 82 valence electrons. The van der Waals surface area contributed by atoms with E-state index in [1.165, 1.54) is 5.56 Å². The molecule has 1 unspecified atom stereocenters. The van der Waals surface area contributed by atoms with E-state index in [0.29, 0.717) is 5.33 Å². The van der Waals surface area contributed by atoms with Gasteiger partial charge < -0.3 is 5.11 Å². The fourth-order valence-electron chi connectivity index (χ4n) is 1.46. The largest absolute Gasteiger partial charge is 0.481 e. The number of carboxylic acid groups (broad SMARTS) is 1. The van der Waals surface area contributed by atoms with Crippen molar-refractivity contribution in [3.05, 3.63) is 35.9 Å². The molecule has 1 rings (SSSR count). The lowest BCUT2D eigenvalue weighted by molar-refractivity contribution is -0.141. The lowest BCUT2D eigenvalue weighted by atomic mass is 10.0. The summed E-state index contributed by atoms with van der Waals surface area (Å²) in [7, 11) is 0. The van der Waals surface area contributed by atoms with E-state index in [1.807, 2.05) is 18.2 Å². The SMILES string of the molecule is O=C(O)C(CBr)CCCc1ccccc1. The molecule has 0 amide bonds. The third-order valence-corrected chi connectivity index (χ3v) is 3.18. The Labute approximate surface area is 98.4 Å². The first-order valence-corrected chi connectivity index (χ1v) is 6.19. The fourth-order valence-corrected chi connectivity index (χ4v) is 2.06. The van der Waals surface area contributed by atoms with Crippen LogP contribution >= 0.6 is 15.9 Å². The molecule has 0 radical (unpaired) electrons. The van der Waals surface area contributed by atoms with Crippen molar-refractivity contribution >= 4 is 21.9 Å². The number of aryl methyl sites for hydroxylation is 1. The smallest absolute Gasteiger partial charge is 0.307 e. The molecule has 1 N–H and O–H groups in total. The van der Waals surface area contributed by atoms with Crippen molar-refractivity contribution in [2.75, 3.05) is 5.33 Å². The minimum Gasteiger partial charge on any atom is -0.481 e. The first-order valence-electron chi connectivity index (χ1n) is 5.06. The summed E-state index contributed by atoms with van der Waals surface area (Å²) >= 11 is 3.22. The molecule has 0 aliphatic rings. The molecule has 0 aliphatic heterocycles. The predicted octanol–water partition coefficient (Wildman–Crippen LogP) is 3.11. The Hall–Kier alpha value is -0.830. The standard InChI is InChI=1S/C12H15BrO2/c13-9-11(12(14)15)8-4-7-10-5-2-1-3-6-10/h1-3,5-6,11H,4,7-9H2,(H,14,15). The van der Waals surface area contributed by atoms with Crippen LogP contribution in [0.1, 0.15) is 18.4 Å². The maximum absolute atomic E-state index is 10.7. The Morgan fingerprint density at radius 3 is 2.53 bits per heavy atom. The van der Waals surface area contributed by atoms with Crippen LogP contribution in [0.3, 0.4) is 0 Å². The number of hydrogen-bond acceptors (Lipinski definition) is 1. The molecule has 0 bridgehead atoms. The van der Waals surface area contributed by atoms with Gasteiger partial charge in [-0.05, 0) is 24.8 Å². The van der Waals surface area contributed by atoms with Gasteiger partial charge in [0.2, 0.25) is 0 Å².